The highest BCUT2D eigenvalue weighted by Gasteiger charge is 2.25. The van der Waals surface area contributed by atoms with Crippen molar-refractivity contribution >= 4 is 38.8 Å². The summed E-state index contributed by atoms with van der Waals surface area (Å²) < 4.78 is 1.16. The van der Waals surface area contributed by atoms with E-state index in [9.17, 15) is 0 Å². The number of nitrogens with one attached hydrogen (secondary N) is 1. The molecule has 1 aliphatic rings. The first-order valence-corrected chi connectivity index (χ1v) is 8.42. The minimum Gasteiger partial charge on any atom is -0.378 e. The summed E-state index contributed by atoms with van der Waals surface area (Å²) in [6.45, 7) is 0.795. The molecule has 1 N–H and O–H groups in total. The van der Waals surface area contributed by atoms with Crippen LogP contribution in [0.5, 0.6) is 0 Å². The monoisotopic (exact) mass is 314 g/mol. The zero-order valence-corrected chi connectivity index (χ0v) is 13.0. The molecule has 2 nitrogen and oxygen atoms in total. The second kappa shape index (κ2) is 5.32. The summed E-state index contributed by atoms with van der Waals surface area (Å²) >= 11 is 7.98. The van der Waals surface area contributed by atoms with Gasteiger partial charge in [-0.2, -0.15) is 0 Å². The molecule has 1 heterocycles. The topological polar surface area (TPSA) is 24.9 Å². The second-order valence-electron chi connectivity index (χ2n) is 5.45. The number of aromatic nitrogens is 1. The van der Waals surface area contributed by atoms with Gasteiger partial charge in [-0.3, -0.25) is 0 Å². The zero-order valence-electron chi connectivity index (χ0n) is 11.5. The molecule has 0 radical (unpaired) electrons. The molecule has 0 unspecified atom stereocenters. The third kappa shape index (κ3) is 2.52. The molecule has 4 heteroatoms. The molecule has 1 aliphatic carbocycles. The fraction of sp³-hybridized carbons (Fsp3) is 0.235. The molecule has 0 bridgehead atoms. The van der Waals surface area contributed by atoms with E-state index in [0.29, 0.717) is 0 Å². The summed E-state index contributed by atoms with van der Waals surface area (Å²) in [6, 6.07) is 12.7. The zero-order chi connectivity index (χ0) is 14.2. The van der Waals surface area contributed by atoms with Gasteiger partial charge in [0.25, 0.3) is 0 Å². The number of fused-ring (bicyclic) bond motifs is 1. The predicted octanol–water partition coefficient (Wildman–Crippen LogP) is 5.44. The van der Waals surface area contributed by atoms with E-state index in [1.165, 1.54) is 24.0 Å². The van der Waals surface area contributed by atoms with Crippen molar-refractivity contribution in [1.82, 2.24) is 4.98 Å². The average molecular weight is 315 g/mol. The number of nitrogens with zero attached hydrogens (tertiary/aromatic N) is 1. The van der Waals surface area contributed by atoms with Crippen molar-refractivity contribution in [2.24, 2.45) is 0 Å². The van der Waals surface area contributed by atoms with E-state index in [0.717, 1.165) is 33.4 Å². The Labute approximate surface area is 132 Å². The van der Waals surface area contributed by atoms with Crippen molar-refractivity contribution in [3.63, 3.8) is 0 Å². The largest absolute Gasteiger partial charge is 0.378 e. The molecule has 1 saturated carbocycles. The van der Waals surface area contributed by atoms with Crippen LogP contribution in [0.15, 0.2) is 41.9 Å². The Balaban J connectivity index is 1.64. The molecule has 21 heavy (non-hydrogen) atoms. The molecule has 0 saturated heterocycles. The van der Waals surface area contributed by atoms with Gasteiger partial charge < -0.3 is 5.32 Å². The molecule has 1 aromatic heterocycles. The van der Waals surface area contributed by atoms with Crippen LogP contribution in [-0.2, 0) is 6.54 Å². The van der Waals surface area contributed by atoms with Crippen LogP contribution in [0.3, 0.4) is 0 Å². The number of halogens is 1. The van der Waals surface area contributed by atoms with E-state index >= 15 is 0 Å². The molecular weight excluding hydrogens is 300 g/mol. The number of anilines is 1. The molecule has 1 fully saturated rings. The lowest BCUT2D eigenvalue weighted by atomic mass is 10.0. The van der Waals surface area contributed by atoms with Crippen LogP contribution in [0.4, 0.5) is 5.69 Å². The second-order valence-corrected chi connectivity index (χ2v) is 6.74. The Morgan fingerprint density at radius 1 is 1.19 bits per heavy atom. The lowest BCUT2D eigenvalue weighted by Crippen LogP contribution is -2.03. The van der Waals surface area contributed by atoms with Gasteiger partial charge in [0.15, 0.2) is 0 Å². The van der Waals surface area contributed by atoms with E-state index in [2.05, 4.69) is 34.6 Å². The maximum atomic E-state index is 6.34. The Morgan fingerprint density at radius 3 is 2.90 bits per heavy atom. The molecule has 0 spiro atoms. The van der Waals surface area contributed by atoms with Gasteiger partial charge in [-0.1, -0.05) is 35.9 Å². The van der Waals surface area contributed by atoms with E-state index in [4.69, 9.17) is 11.6 Å². The van der Waals surface area contributed by atoms with Gasteiger partial charge in [-0.25, -0.2) is 4.98 Å². The summed E-state index contributed by atoms with van der Waals surface area (Å²) in [7, 11) is 0. The van der Waals surface area contributed by atoms with E-state index < -0.39 is 0 Å². The van der Waals surface area contributed by atoms with Crippen LogP contribution in [-0.4, -0.2) is 4.98 Å². The minimum absolute atomic E-state index is 0.734. The highest BCUT2D eigenvalue weighted by molar-refractivity contribution is 7.16. The van der Waals surface area contributed by atoms with Gasteiger partial charge in [0.1, 0.15) is 5.52 Å². The predicted molar refractivity (Wildman–Crippen MR) is 90.4 cm³/mol. The van der Waals surface area contributed by atoms with Crippen LogP contribution in [0.2, 0.25) is 5.02 Å². The van der Waals surface area contributed by atoms with Gasteiger partial charge in [0, 0.05) is 6.54 Å². The van der Waals surface area contributed by atoms with E-state index in [1.807, 2.05) is 17.6 Å². The van der Waals surface area contributed by atoms with Crippen LogP contribution < -0.4 is 5.32 Å². The number of thiazole rings is 1. The third-order valence-corrected chi connectivity index (χ3v) is 5.09. The normalized spacial score (nSPS) is 14.5. The maximum Gasteiger partial charge on any atom is 0.106 e. The van der Waals surface area contributed by atoms with Gasteiger partial charge in [-0.05, 0) is 42.0 Å². The number of hydrogen-bond acceptors (Lipinski definition) is 3. The minimum atomic E-state index is 0.734. The molecule has 3 aromatic rings. The molecule has 0 atom stereocenters. The number of rotatable bonds is 4. The molecule has 106 valence electrons. The highest BCUT2D eigenvalue weighted by atomic mass is 35.5. The van der Waals surface area contributed by atoms with Crippen molar-refractivity contribution in [3.05, 3.63) is 58.1 Å². The molecule has 0 aliphatic heterocycles. The van der Waals surface area contributed by atoms with Gasteiger partial charge >= 0.3 is 0 Å². The van der Waals surface area contributed by atoms with Crippen molar-refractivity contribution in [2.45, 2.75) is 25.3 Å². The van der Waals surface area contributed by atoms with E-state index in [-0.39, 0.29) is 0 Å². The summed E-state index contributed by atoms with van der Waals surface area (Å²) in [4.78, 5) is 4.43. The molecule has 4 rings (SSSR count). The molecular formula is C17H15ClN2S. The SMILES string of the molecule is Clc1ccc2scnc2c1NCc1ccccc1C1CC1. The Bertz CT molecular complexity index is 792. The lowest BCUT2D eigenvalue weighted by molar-refractivity contribution is 1.04. The Morgan fingerprint density at radius 2 is 2.05 bits per heavy atom. The Hall–Kier alpha value is -1.58. The average Bonchev–Trinajstić information content (AvgIpc) is 3.24. The maximum absolute atomic E-state index is 6.34. The third-order valence-electron chi connectivity index (χ3n) is 3.98. The van der Waals surface area contributed by atoms with Gasteiger partial charge in [-0.15, -0.1) is 11.3 Å². The first kappa shape index (κ1) is 13.1. The van der Waals surface area contributed by atoms with E-state index in [1.54, 1.807) is 11.3 Å². The van der Waals surface area contributed by atoms with Crippen molar-refractivity contribution in [3.8, 4) is 0 Å². The number of benzene rings is 2. The van der Waals surface area contributed by atoms with Crippen LogP contribution in [0.1, 0.15) is 29.9 Å². The molecule has 0 amide bonds. The molecule has 2 aromatic carbocycles. The highest BCUT2D eigenvalue weighted by Crippen LogP contribution is 2.42. The van der Waals surface area contributed by atoms with Crippen molar-refractivity contribution < 1.29 is 0 Å². The fourth-order valence-corrected chi connectivity index (χ4v) is 3.65. The van der Waals surface area contributed by atoms with Crippen LogP contribution >= 0.6 is 22.9 Å². The fourth-order valence-electron chi connectivity index (χ4n) is 2.75. The quantitative estimate of drug-likeness (QED) is 0.693. The Kier molecular flexibility index (Phi) is 3.32. The smallest absolute Gasteiger partial charge is 0.106 e. The van der Waals surface area contributed by atoms with Crippen LogP contribution in [0.25, 0.3) is 10.2 Å². The van der Waals surface area contributed by atoms with Gasteiger partial charge in [0.2, 0.25) is 0 Å². The number of hydrogen-bond donors (Lipinski definition) is 1. The first-order chi connectivity index (χ1) is 10.3. The van der Waals surface area contributed by atoms with Gasteiger partial charge in [0.05, 0.1) is 20.9 Å². The summed E-state index contributed by atoms with van der Waals surface area (Å²) in [5.74, 6) is 0.758. The first-order valence-electron chi connectivity index (χ1n) is 7.16. The van der Waals surface area contributed by atoms with Crippen LogP contribution in [0, 0.1) is 0 Å². The lowest BCUT2D eigenvalue weighted by Gasteiger charge is -2.12. The standard InChI is InChI=1S/C17H15ClN2S/c18-14-7-8-15-17(20-10-21-15)16(14)19-9-12-3-1-2-4-13(12)11-5-6-11/h1-4,7-8,10-11,19H,5-6,9H2. The summed E-state index contributed by atoms with van der Waals surface area (Å²) in [5.41, 5.74) is 6.62. The van der Waals surface area contributed by atoms with Crippen molar-refractivity contribution in [1.29, 1.82) is 0 Å². The summed E-state index contributed by atoms with van der Waals surface area (Å²) in [6.07, 6.45) is 2.64. The summed E-state index contributed by atoms with van der Waals surface area (Å²) in [5, 5.41) is 4.23. The van der Waals surface area contributed by atoms with Crippen molar-refractivity contribution in [2.75, 3.05) is 5.32 Å².